The first-order valence-corrected chi connectivity index (χ1v) is 6.09. The predicted octanol–water partition coefficient (Wildman–Crippen LogP) is 4.22. The molecule has 0 saturated heterocycles. The highest BCUT2D eigenvalue weighted by Crippen LogP contribution is 2.21. The van der Waals surface area contributed by atoms with Crippen LogP contribution in [0.5, 0.6) is 0 Å². The number of thiol groups is 1. The average Bonchev–Trinajstić information content (AvgIpc) is 2.28. The zero-order valence-electron chi connectivity index (χ0n) is 9.61. The van der Waals surface area contributed by atoms with Crippen molar-refractivity contribution in [2.75, 3.05) is 0 Å². The van der Waals surface area contributed by atoms with Crippen molar-refractivity contribution in [3.63, 3.8) is 0 Å². The normalized spacial score (nSPS) is 14.6. The minimum atomic E-state index is 0.441. The van der Waals surface area contributed by atoms with Gasteiger partial charge in [-0.2, -0.15) is 12.6 Å². The maximum Gasteiger partial charge on any atom is 0.00829 e. The van der Waals surface area contributed by atoms with Crippen LogP contribution in [0.15, 0.2) is 30.8 Å². The fraction of sp³-hybridized carbons (Fsp3) is 0.429. The van der Waals surface area contributed by atoms with Gasteiger partial charge in [0.05, 0.1) is 0 Å². The number of hydrogen-bond donors (Lipinski definition) is 1. The summed E-state index contributed by atoms with van der Waals surface area (Å²) in [5, 5.41) is 0.441. The van der Waals surface area contributed by atoms with Gasteiger partial charge in [0.1, 0.15) is 0 Å². The Bertz CT molecular complexity index is 317. The number of hydrogen-bond acceptors (Lipinski definition) is 1. The van der Waals surface area contributed by atoms with Crippen LogP contribution in [0, 0.1) is 5.92 Å². The number of rotatable bonds is 5. The van der Waals surface area contributed by atoms with Crippen LogP contribution in [-0.2, 0) is 6.42 Å². The van der Waals surface area contributed by atoms with Crippen molar-refractivity contribution in [1.29, 1.82) is 0 Å². The van der Waals surface area contributed by atoms with Crippen molar-refractivity contribution in [1.82, 2.24) is 0 Å². The topological polar surface area (TPSA) is 0 Å². The first-order chi connectivity index (χ1) is 7.19. The Balaban J connectivity index is 2.75. The van der Waals surface area contributed by atoms with Crippen LogP contribution >= 0.6 is 12.6 Å². The summed E-state index contributed by atoms with van der Waals surface area (Å²) >= 11 is 4.67. The molecule has 0 radical (unpaired) electrons. The Labute approximate surface area is 98.8 Å². The molecule has 2 atom stereocenters. The van der Waals surface area contributed by atoms with Crippen molar-refractivity contribution in [3.8, 4) is 0 Å². The van der Waals surface area contributed by atoms with E-state index in [0.717, 1.165) is 6.42 Å². The van der Waals surface area contributed by atoms with Gasteiger partial charge in [0.25, 0.3) is 0 Å². The molecule has 0 saturated carbocycles. The van der Waals surface area contributed by atoms with Gasteiger partial charge >= 0.3 is 0 Å². The molecular formula is C14H20S. The molecule has 1 aromatic rings. The fourth-order valence-electron chi connectivity index (χ4n) is 1.62. The van der Waals surface area contributed by atoms with Crippen LogP contribution in [0.4, 0.5) is 0 Å². The van der Waals surface area contributed by atoms with Gasteiger partial charge in [-0.05, 0) is 23.5 Å². The summed E-state index contributed by atoms with van der Waals surface area (Å²) in [6, 6.07) is 8.42. The van der Waals surface area contributed by atoms with E-state index in [2.05, 4.69) is 57.3 Å². The lowest BCUT2D eigenvalue weighted by molar-refractivity contribution is 0.534. The highest BCUT2D eigenvalue weighted by Gasteiger charge is 2.12. The SMILES string of the molecule is C=Cc1ccccc1CC(S)C(C)CC. The van der Waals surface area contributed by atoms with E-state index in [0.29, 0.717) is 11.2 Å². The molecule has 0 aliphatic heterocycles. The zero-order chi connectivity index (χ0) is 11.3. The van der Waals surface area contributed by atoms with Gasteiger partial charge in [0.2, 0.25) is 0 Å². The third-order valence-electron chi connectivity index (χ3n) is 3.00. The van der Waals surface area contributed by atoms with Gasteiger partial charge in [-0.15, -0.1) is 0 Å². The molecule has 0 aliphatic rings. The van der Waals surface area contributed by atoms with E-state index >= 15 is 0 Å². The van der Waals surface area contributed by atoms with Crippen LogP contribution < -0.4 is 0 Å². The molecule has 0 N–H and O–H groups in total. The zero-order valence-corrected chi connectivity index (χ0v) is 10.5. The van der Waals surface area contributed by atoms with E-state index in [9.17, 15) is 0 Å². The largest absolute Gasteiger partial charge is 0.175 e. The van der Waals surface area contributed by atoms with Crippen molar-refractivity contribution in [2.45, 2.75) is 31.9 Å². The number of benzene rings is 1. The molecule has 0 nitrogen and oxygen atoms in total. The molecule has 0 spiro atoms. The quantitative estimate of drug-likeness (QED) is 0.706. The molecule has 1 aromatic carbocycles. The second-order valence-electron chi connectivity index (χ2n) is 4.06. The smallest absolute Gasteiger partial charge is 0.00829 e. The fourth-order valence-corrected chi connectivity index (χ4v) is 2.03. The summed E-state index contributed by atoms with van der Waals surface area (Å²) in [7, 11) is 0. The average molecular weight is 220 g/mol. The van der Waals surface area contributed by atoms with Crippen LogP contribution in [0.2, 0.25) is 0 Å². The van der Waals surface area contributed by atoms with E-state index in [4.69, 9.17) is 0 Å². The molecule has 0 amide bonds. The van der Waals surface area contributed by atoms with E-state index in [-0.39, 0.29) is 0 Å². The first kappa shape index (κ1) is 12.4. The van der Waals surface area contributed by atoms with E-state index in [1.807, 2.05) is 6.08 Å². The lowest BCUT2D eigenvalue weighted by atomic mass is 9.95. The Kier molecular flexibility index (Phi) is 4.97. The van der Waals surface area contributed by atoms with Gasteiger partial charge in [-0.1, -0.05) is 57.2 Å². The lowest BCUT2D eigenvalue weighted by Gasteiger charge is -2.18. The van der Waals surface area contributed by atoms with Crippen molar-refractivity contribution < 1.29 is 0 Å². The molecule has 0 fully saturated rings. The van der Waals surface area contributed by atoms with E-state index < -0.39 is 0 Å². The summed E-state index contributed by atoms with van der Waals surface area (Å²) in [4.78, 5) is 0. The monoisotopic (exact) mass is 220 g/mol. The highest BCUT2D eigenvalue weighted by atomic mass is 32.1. The molecule has 0 aliphatic carbocycles. The Morgan fingerprint density at radius 1 is 1.40 bits per heavy atom. The minimum absolute atomic E-state index is 0.441. The molecule has 0 aromatic heterocycles. The molecule has 1 heteroatoms. The standard InChI is InChI=1S/C14H20S/c1-4-11(3)14(15)10-13-9-7-6-8-12(13)5-2/h5-9,11,14-15H,2,4,10H2,1,3H3. The van der Waals surface area contributed by atoms with Gasteiger partial charge in [0.15, 0.2) is 0 Å². The molecular weight excluding hydrogens is 200 g/mol. The maximum absolute atomic E-state index is 4.67. The Hall–Kier alpha value is -0.690. The van der Waals surface area contributed by atoms with E-state index in [1.54, 1.807) is 0 Å². The predicted molar refractivity (Wildman–Crippen MR) is 72.5 cm³/mol. The molecule has 82 valence electrons. The molecule has 0 bridgehead atoms. The van der Waals surface area contributed by atoms with Gasteiger partial charge < -0.3 is 0 Å². The third kappa shape index (κ3) is 3.42. The van der Waals surface area contributed by atoms with Crippen molar-refractivity contribution >= 4 is 18.7 Å². The van der Waals surface area contributed by atoms with Gasteiger partial charge in [0, 0.05) is 5.25 Å². The lowest BCUT2D eigenvalue weighted by Crippen LogP contribution is -2.14. The maximum atomic E-state index is 4.67. The van der Waals surface area contributed by atoms with Crippen molar-refractivity contribution in [2.24, 2.45) is 5.92 Å². The summed E-state index contributed by atoms with van der Waals surface area (Å²) < 4.78 is 0. The summed E-state index contributed by atoms with van der Waals surface area (Å²) in [6.45, 7) is 8.31. The highest BCUT2D eigenvalue weighted by molar-refractivity contribution is 7.81. The van der Waals surface area contributed by atoms with Crippen molar-refractivity contribution in [3.05, 3.63) is 42.0 Å². The third-order valence-corrected chi connectivity index (χ3v) is 3.70. The Morgan fingerprint density at radius 3 is 2.67 bits per heavy atom. The molecule has 15 heavy (non-hydrogen) atoms. The van der Waals surface area contributed by atoms with Crippen LogP contribution in [-0.4, -0.2) is 5.25 Å². The molecule has 0 heterocycles. The summed E-state index contributed by atoms with van der Waals surface area (Å²) in [6.07, 6.45) is 4.14. The second kappa shape index (κ2) is 6.02. The van der Waals surface area contributed by atoms with Crippen LogP contribution in [0.25, 0.3) is 6.08 Å². The van der Waals surface area contributed by atoms with Gasteiger partial charge in [-0.3, -0.25) is 0 Å². The van der Waals surface area contributed by atoms with Crippen LogP contribution in [0.1, 0.15) is 31.4 Å². The summed E-state index contributed by atoms with van der Waals surface area (Å²) in [5.41, 5.74) is 2.59. The minimum Gasteiger partial charge on any atom is -0.175 e. The van der Waals surface area contributed by atoms with Gasteiger partial charge in [-0.25, -0.2) is 0 Å². The molecule has 2 unspecified atom stereocenters. The second-order valence-corrected chi connectivity index (χ2v) is 4.72. The van der Waals surface area contributed by atoms with E-state index in [1.165, 1.54) is 17.5 Å². The summed E-state index contributed by atoms with van der Waals surface area (Å²) in [5.74, 6) is 0.659. The molecule has 1 rings (SSSR count). The Morgan fingerprint density at radius 2 is 2.07 bits per heavy atom. The first-order valence-electron chi connectivity index (χ1n) is 5.57. The van der Waals surface area contributed by atoms with Crippen LogP contribution in [0.3, 0.4) is 0 Å².